The Balaban J connectivity index is 1.56. The molecule has 142 valence electrons. The monoisotopic (exact) mass is 372 g/mol. The molecule has 0 saturated heterocycles. The highest BCUT2D eigenvalue weighted by Gasteiger charge is 2.41. The SMILES string of the molecule is Cc1ccc(C2=NN3[C@H](C2)c2ccccc2O[C@@H]3c2ccc(C(C)C)cc2)o1. The van der Waals surface area contributed by atoms with Gasteiger partial charge >= 0.3 is 0 Å². The number of rotatable bonds is 3. The van der Waals surface area contributed by atoms with Crippen LogP contribution >= 0.6 is 0 Å². The van der Waals surface area contributed by atoms with Gasteiger partial charge in [0.1, 0.15) is 23.0 Å². The number of furan rings is 1. The summed E-state index contributed by atoms with van der Waals surface area (Å²) in [6, 6.07) is 21.1. The van der Waals surface area contributed by atoms with E-state index in [1.54, 1.807) is 0 Å². The third kappa shape index (κ3) is 2.80. The number of ether oxygens (including phenoxy) is 1. The minimum absolute atomic E-state index is 0.153. The van der Waals surface area contributed by atoms with Crippen LogP contribution in [0.15, 0.2) is 70.2 Å². The highest BCUT2D eigenvalue weighted by atomic mass is 16.5. The lowest BCUT2D eigenvalue weighted by Crippen LogP contribution is -2.33. The van der Waals surface area contributed by atoms with E-state index in [1.807, 2.05) is 25.1 Å². The summed E-state index contributed by atoms with van der Waals surface area (Å²) in [6.07, 6.45) is 0.572. The molecule has 2 aliphatic heterocycles. The topological polar surface area (TPSA) is 38.0 Å². The van der Waals surface area contributed by atoms with Crippen LogP contribution in [-0.4, -0.2) is 10.7 Å². The molecule has 5 rings (SSSR count). The van der Waals surface area contributed by atoms with Crippen LogP contribution in [0.4, 0.5) is 0 Å². The maximum Gasteiger partial charge on any atom is 0.213 e. The van der Waals surface area contributed by atoms with Gasteiger partial charge in [-0.3, -0.25) is 0 Å². The fourth-order valence-electron chi connectivity index (χ4n) is 4.04. The molecule has 4 nitrogen and oxygen atoms in total. The van der Waals surface area contributed by atoms with Crippen LogP contribution in [0.3, 0.4) is 0 Å². The van der Waals surface area contributed by atoms with E-state index in [0.717, 1.165) is 35.0 Å². The molecule has 1 aromatic heterocycles. The average molecular weight is 372 g/mol. The van der Waals surface area contributed by atoms with Crippen LogP contribution in [-0.2, 0) is 0 Å². The lowest BCUT2D eigenvalue weighted by atomic mass is 9.96. The molecule has 0 saturated carbocycles. The normalized spacial score (nSPS) is 20.6. The summed E-state index contributed by atoms with van der Waals surface area (Å²) in [5.74, 6) is 3.19. The molecule has 0 unspecified atom stereocenters. The van der Waals surface area contributed by atoms with Crippen LogP contribution in [0.25, 0.3) is 0 Å². The maximum atomic E-state index is 6.41. The molecule has 0 bridgehead atoms. The molecule has 4 heteroatoms. The first-order valence-corrected chi connectivity index (χ1v) is 9.88. The van der Waals surface area contributed by atoms with E-state index in [0.29, 0.717) is 5.92 Å². The molecule has 28 heavy (non-hydrogen) atoms. The van der Waals surface area contributed by atoms with Crippen LogP contribution in [0.1, 0.15) is 66.7 Å². The first-order chi connectivity index (χ1) is 13.6. The standard InChI is InChI=1S/C24H24N2O2/c1-15(2)17-9-11-18(12-10-17)24-26-21(19-6-4-5-7-22(19)28-24)14-20(25-26)23-13-8-16(3)27-23/h4-13,15,21,24H,14H2,1-3H3/t21-,24-/m1/s1. The van der Waals surface area contributed by atoms with Gasteiger partial charge in [0.15, 0.2) is 0 Å². The van der Waals surface area contributed by atoms with Crippen molar-refractivity contribution in [2.24, 2.45) is 5.10 Å². The van der Waals surface area contributed by atoms with Gasteiger partial charge in [-0.25, -0.2) is 5.01 Å². The van der Waals surface area contributed by atoms with Gasteiger partial charge in [0.05, 0.1) is 6.04 Å². The van der Waals surface area contributed by atoms with Gasteiger partial charge in [0.25, 0.3) is 0 Å². The summed E-state index contributed by atoms with van der Waals surface area (Å²) < 4.78 is 12.3. The fourth-order valence-corrected chi connectivity index (χ4v) is 4.04. The Hall–Kier alpha value is -3.01. The van der Waals surface area contributed by atoms with E-state index in [1.165, 1.54) is 11.1 Å². The molecule has 3 aromatic rings. The fraction of sp³-hybridized carbons (Fsp3) is 0.292. The molecule has 0 aliphatic carbocycles. The predicted octanol–water partition coefficient (Wildman–Crippen LogP) is 5.95. The largest absolute Gasteiger partial charge is 0.464 e. The van der Waals surface area contributed by atoms with Crippen molar-refractivity contribution in [2.75, 3.05) is 0 Å². The van der Waals surface area contributed by atoms with E-state index in [4.69, 9.17) is 14.3 Å². The first kappa shape index (κ1) is 17.1. The van der Waals surface area contributed by atoms with E-state index in [9.17, 15) is 0 Å². The van der Waals surface area contributed by atoms with Crippen molar-refractivity contribution in [2.45, 2.75) is 45.4 Å². The Bertz CT molecular complexity index is 1030. The van der Waals surface area contributed by atoms with Crippen molar-refractivity contribution in [3.05, 3.63) is 88.9 Å². The molecule has 0 spiro atoms. The summed E-state index contributed by atoms with van der Waals surface area (Å²) in [4.78, 5) is 0. The zero-order valence-corrected chi connectivity index (χ0v) is 16.4. The summed E-state index contributed by atoms with van der Waals surface area (Å²) in [5, 5.41) is 7.04. The quantitative estimate of drug-likeness (QED) is 0.570. The van der Waals surface area contributed by atoms with E-state index in [2.05, 4.69) is 61.3 Å². The molecule has 0 radical (unpaired) electrons. The molecule has 2 aliphatic rings. The summed E-state index contributed by atoms with van der Waals surface area (Å²) in [6.45, 7) is 6.38. The number of para-hydroxylation sites is 1. The summed E-state index contributed by atoms with van der Waals surface area (Å²) in [5.41, 5.74) is 4.60. The number of nitrogens with zero attached hydrogens (tertiary/aromatic N) is 2. The van der Waals surface area contributed by atoms with Gasteiger partial charge < -0.3 is 9.15 Å². The molecule has 0 amide bonds. The molecule has 0 N–H and O–H groups in total. The zero-order chi connectivity index (χ0) is 19.3. The van der Waals surface area contributed by atoms with Crippen LogP contribution < -0.4 is 4.74 Å². The van der Waals surface area contributed by atoms with Crippen LogP contribution in [0.2, 0.25) is 0 Å². The highest BCUT2D eigenvalue weighted by molar-refractivity contribution is 5.99. The summed E-state index contributed by atoms with van der Waals surface area (Å²) in [7, 11) is 0. The van der Waals surface area contributed by atoms with Gasteiger partial charge in [-0.2, -0.15) is 5.10 Å². The Morgan fingerprint density at radius 1 is 1.00 bits per heavy atom. The minimum Gasteiger partial charge on any atom is -0.464 e. The second-order valence-corrected chi connectivity index (χ2v) is 7.89. The smallest absolute Gasteiger partial charge is 0.213 e. The Kier molecular flexibility index (Phi) is 4.00. The van der Waals surface area contributed by atoms with Crippen LogP contribution in [0, 0.1) is 6.92 Å². The highest BCUT2D eigenvalue weighted by Crippen LogP contribution is 2.47. The number of benzene rings is 2. The van der Waals surface area contributed by atoms with Crippen molar-refractivity contribution < 1.29 is 9.15 Å². The van der Waals surface area contributed by atoms with Gasteiger partial charge in [-0.05, 0) is 36.6 Å². The Morgan fingerprint density at radius 2 is 1.79 bits per heavy atom. The number of aryl methyl sites for hydroxylation is 1. The van der Waals surface area contributed by atoms with Crippen LogP contribution in [0.5, 0.6) is 5.75 Å². The summed E-state index contributed by atoms with van der Waals surface area (Å²) >= 11 is 0. The molecular weight excluding hydrogens is 348 g/mol. The lowest BCUT2D eigenvalue weighted by molar-refractivity contribution is -0.0190. The zero-order valence-electron chi connectivity index (χ0n) is 16.4. The van der Waals surface area contributed by atoms with E-state index >= 15 is 0 Å². The molecule has 0 fully saturated rings. The number of hydrazone groups is 1. The van der Waals surface area contributed by atoms with E-state index < -0.39 is 0 Å². The average Bonchev–Trinajstić information content (AvgIpc) is 3.34. The van der Waals surface area contributed by atoms with Crippen molar-refractivity contribution in [3.63, 3.8) is 0 Å². The van der Waals surface area contributed by atoms with Gasteiger partial charge in [0.2, 0.25) is 6.23 Å². The second kappa shape index (κ2) is 6.55. The van der Waals surface area contributed by atoms with Gasteiger partial charge in [-0.15, -0.1) is 0 Å². The number of hydrogen-bond donors (Lipinski definition) is 0. The number of hydrogen-bond acceptors (Lipinski definition) is 4. The predicted molar refractivity (Wildman–Crippen MR) is 110 cm³/mol. The molecule has 3 heterocycles. The molecule has 2 aromatic carbocycles. The lowest BCUT2D eigenvalue weighted by Gasteiger charge is -2.38. The van der Waals surface area contributed by atoms with Crippen molar-refractivity contribution in [1.82, 2.24) is 5.01 Å². The van der Waals surface area contributed by atoms with Crippen molar-refractivity contribution >= 4 is 5.71 Å². The van der Waals surface area contributed by atoms with E-state index in [-0.39, 0.29) is 12.3 Å². The van der Waals surface area contributed by atoms with Gasteiger partial charge in [-0.1, -0.05) is 56.3 Å². The first-order valence-electron chi connectivity index (χ1n) is 9.88. The van der Waals surface area contributed by atoms with Crippen molar-refractivity contribution in [1.29, 1.82) is 0 Å². The van der Waals surface area contributed by atoms with Crippen molar-refractivity contribution in [3.8, 4) is 5.75 Å². The Morgan fingerprint density at radius 3 is 2.50 bits per heavy atom. The third-order valence-electron chi connectivity index (χ3n) is 5.61. The number of fused-ring (bicyclic) bond motifs is 3. The maximum absolute atomic E-state index is 6.41. The second-order valence-electron chi connectivity index (χ2n) is 7.89. The molecule has 2 atom stereocenters. The molecular formula is C24H24N2O2. The minimum atomic E-state index is -0.241. The van der Waals surface area contributed by atoms with Gasteiger partial charge in [0, 0.05) is 17.5 Å². The Labute approximate surface area is 165 Å². The third-order valence-corrected chi connectivity index (χ3v) is 5.61.